The van der Waals surface area contributed by atoms with Crippen molar-refractivity contribution in [2.75, 3.05) is 15.9 Å². The van der Waals surface area contributed by atoms with Crippen LogP contribution in [0.3, 0.4) is 0 Å². The predicted octanol–water partition coefficient (Wildman–Crippen LogP) is 4.17. The number of halogens is 2. The van der Waals surface area contributed by atoms with E-state index in [0.717, 1.165) is 12.8 Å². The van der Waals surface area contributed by atoms with E-state index in [2.05, 4.69) is 5.32 Å². The number of sulfonamides is 1. The van der Waals surface area contributed by atoms with E-state index in [1.54, 1.807) is 36.4 Å². The summed E-state index contributed by atoms with van der Waals surface area (Å²) in [6.45, 7) is 0. The Morgan fingerprint density at radius 2 is 1.72 bits per heavy atom. The molecule has 0 spiro atoms. The molecular formula is C17H16Cl2N2O3S. The van der Waals surface area contributed by atoms with Gasteiger partial charge < -0.3 is 5.32 Å². The quantitative estimate of drug-likeness (QED) is 0.821. The molecule has 0 saturated heterocycles. The minimum absolute atomic E-state index is 0.0339. The van der Waals surface area contributed by atoms with E-state index in [1.807, 2.05) is 0 Å². The molecule has 1 saturated carbocycles. The van der Waals surface area contributed by atoms with Crippen molar-refractivity contribution in [3.05, 3.63) is 58.1 Å². The third kappa shape index (κ3) is 4.26. The molecule has 1 aliphatic rings. The van der Waals surface area contributed by atoms with Crippen molar-refractivity contribution in [1.29, 1.82) is 0 Å². The molecule has 132 valence electrons. The number of nitrogens with one attached hydrogen (secondary N) is 1. The molecule has 2 aromatic carbocycles. The first-order valence-corrected chi connectivity index (χ1v) is 10.2. The Labute approximate surface area is 156 Å². The van der Waals surface area contributed by atoms with Crippen molar-refractivity contribution in [3.63, 3.8) is 0 Å². The normalized spacial score (nSPS) is 14.2. The van der Waals surface area contributed by atoms with Gasteiger partial charge in [-0.25, -0.2) is 8.42 Å². The van der Waals surface area contributed by atoms with Gasteiger partial charge in [-0.1, -0.05) is 23.2 Å². The van der Waals surface area contributed by atoms with Crippen LogP contribution in [0, 0.1) is 0 Å². The Bertz CT molecular complexity index is 910. The first kappa shape index (κ1) is 18.0. The molecule has 3 rings (SSSR count). The molecule has 1 fully saturated rings. The molecule has 2 aromatic rings. The highest BCUT2D eigenvalue weighted by molar-refractivity contribution is 7.92. The molecule has 1 aliphatic carbocycles. The minimum Gasteiger partial charge on any atom is -0.322 e. The Morgan fingerprint density at radius 1 is 1.08 bits per heavy atom. The predicted molar refractivity (Wildman–Crippen MR) is 101 cm³/mol. The highest BCUT2D eigenvalue weighted by Crippen LogP contribution is 2.34. The molecule has 5 nitrogen and oxygen atoms in total. The van der Waals surface area contributed by atoms with Crippen LogP contribution < -0.4 is 9.62 Å². The second-order valence-electron chi connectivity index (χ2n) is 5.92. The summed E-state index contributed by atoms with van der Waals surface area (Å²) in [5.74, 6) is -0.325. The summed E-state index contributed by atoms with van der Waals surface area (Å²) in [7, 11) is -3.32. The van der Waals surface area contributed by atoms with Gasteiger partial charge in [0, 0.05) is 17.3 Å². The average Bonchev–Trinajstić information content (AvgIpc) is 3.35. The number of nitrogens with zero attached hydrogens (tertiary/aromatic N) is 1. The van der Waals surface area contributed by atoms with Gasteiger partial charge in [0.15, 0.2) is 0 Å². The maximum Gasteiger partial charge on any atom is 0.255 e. The third-order valence-corrected chi connectivity index (χ3v) is 5.76. The molecule has 1 amide bonds. The van der Waals surface area contributed by atoms with Crippen LogP contribution in [0.25, 0.3) is 0 Å². The topological polar surface area (TPSA) is 66.5 Å². The number of amides is 1. The molecule has 0 bridgehead atoms. The van der Waals surface area contributed by atoms with Crippen molar-refractivity contribution in [2.24, 2.45) is 0 Å². The van der Waals surface area contributed by atoms with Gasteiger partial charge in [-0.2, -0.15) is 0 Å². The number of hydrogen-bond acceptors (Lipinski definition) is 3. The maximum atomic E-state index is 12.3. The van der Waals surface area contributed by atoms with E-state index < -0.39 is 10.0 Å². The lowest BCUT2D eigenvalue weighted by Crippen LogP contribution is -2.31. The number of rotatable bonds is 5. The highest BCUT2D eigenvalue weighted by atomic mass is 35.5. The van der Waals surface area contributed by atoms with Crippen LogP contribution in [-0.2, 0) is 10.0 Å². The van der Waals surface area contributed by atoms with Crippen LogP contribution in [0.4, 0.5) is 11.4 Å². The molecule has 1 N–H and O–H groups in total. The summed E-state index contributed by atoms with van der Waals surface area (Å²) in [6.07, 6.45) is 2.93. The number of carbonyl (C=O) groups excluding carboxylic acids is 1. The van der Waals surface area contributed by atoms with E-state index in [9.17, 15) is 13.2 Å². The van der Waals surface area contributed by atoms with Gasteiger partial charge in [-0.15, -0.1) is 0 Å². The average molecular weight is 399 g/mol. The zero-order valence-electron chi connectivity index (χ0n) is 13.4. The Kier molecular flexibility index (Phi) is 4.95. The molecular weight excluding hydrogens is 383 g/mol. The smallest absolute Gasteiger partial charge is 0.255 e. The summed E-state index contributed by atoms with van der Waals surface area (Å²) in [6, 6.07) is 11.4. The first-order chi connectivity index (χ1) is 11.8. The summed E-state index contributed by atoms with van der Waals surface area (Å²) < 4.78 is 25.3. The van der Waals surface area contributed by atoms with Crippen molar-refractivity contribution >= 4 is 50.5 Å². The standard InChI is InChI=1S/C17H16Cl2N2O3S/c1-25(23,24)21(14-7-8-14)13-5-3-12(4-6-13)20-17(22)11-2-9-15(18)16(19)10-11/h2-6,9-10,14H,7-8H2,1H3,(H,20,22). The Morgan fingerprint density at radius 3 is 2.24 bits per heavy atom. The van der Waals surface area contributed by atoms with Gasteiger partial charge in [0.1, 0.15) is 0 Å². The van der Waals surface area contributed by atoms with E-state index in [0.29, 0.717) is 27.0 Å². The minimum atomic E-state index is -3.32. The van der Waals surface area contributed by atoms with E-state index in [4.69, 9.17) is 23.2 Å². The first-order valence-electron chi connectivity index (χ1n) is 7.61. The van der Waals surface area contributed by atoms with E-state index in [-0.39, 0.29) is 11.9 Å². The fourth-order valence-electron chi connectivity index (χ4n) is 2.51. The van der Waals surface area contributed by atoms with Gasteiger partial charge in [0.2, 0.25) is 10.0 Å². The van der Waals surface area contributed by atoms with E-state index in [1.165, 1.54) is 16.6 Å². The summed E-state index contributed by atoms with van der Waals surface area (Å²) >= 11 is 11.8. The van der Waals surface area contributed by atoms with Crippen LogP contribution in [0.15, 0.2) is 42.5 Å². The van der Waals surface area contributed by atoms with Crippen molar-refractivity contribution in [1.82, 2.24) is 0 Å². The molecule has 0 unspecified atom stereocenters. The van der Waals surface area contributed by atoms with Gasteiger partial charge >= 0.3 is 0 Å². The molecule has 0 atom stereocenters. The molecule has 25 heavy (non-hydrogen) atoms. The number of hydrogen-bond donors (Lipinski definition) is 1. The summed E-state index contributed by atoms with van der Waals surface area (Å²) in [4.78, 5) is 12.3. The fourth-order valence-corrected chi connectivity index (χ4v) is 4.07. The zero-order valence-corrected chi connectivity index (χ0v) is 15.7. The lowest BCUT2D eigenvalue weighted by Gasteiger charge is -2.22. The molecule has 0 radical (unpaired) electrons. The largest absolute Gasteiger partial charge is 0.322 e. The van der Waals surface area contributed by atoms with Crippen molar-refractivity contribution in [3.8, 4) is 0 Å². The Balaban J connectivity index is 1.76. The van der Waals surface area contributed by atoms with Crippen LogP contribution in [-0.4, -0.2) is 26.6 Å². The van der Waals surface area contributed by atoms with Crippen LogP contribution >= 0.6 is 23.2 Å². The van der Waals surface area contributed by atoms with Crippen LogP contribution in [0.5, 0.6) is 0 Å². The molecule has 8 heteroatoms. The highest BCUT2D eigenvalue weighted by Gasteiger charge is 2.35. The monoisotopic (exact) mass is 398 g/mol. The van der Waals surface area contributed by atoms with Crippen LogP contribution in [0.2, 0.25) is 10.0 Å². The lowest BCUT2D eigenvalue weighted by atomic mass is 10.2. The SMILES string of the molecule is CS(=O)(=O)N(c1ccc(NC(=O)c2ccc(Cl)c(Cl)c2)cc1)C1CC1. The second-order valence-corrected chi connectivity index (χ2v) is 8.59. The lowest BCUT2D eigenvalue weighted by molar-refractivity contribution is 0.102. The molecule has 0 heterocycles. The van der Waals surface area contributed by atoms with Gasteiger partial charge in [0.25, 0.3) is 5.91 Å². The van der Waals surface area contributed by atoms with Crippen molar-refractivity contribution < 1.29 is 13.2 Å². The Hall–Kier alpha value is -1.76. The molecule has 0 aromatic heterocycles. The second kappa shape index (κ2) is 6.86. The summed E-state index contributed by atoms with van der Waals surface area (Å²) in [5.41, 5.74) is 1.54. The van der Waals surface area contributed by atoms with Gasteiger partial charge in [0.05, 0.1) is 22.0 Å². The number of anilines is 2. The van der Waals surface area contributed by atoms with Gasteiger partial charge in [-0.05, 0) is 55.3 Å². The fraction of sp³-hybridized carbons (Fsp3) is 0.235. The molecule has 0 aliphatic heterocycles. The maximum absolute atomic E-state index is 12.3. The third-order valence-electron chi connectivity index (χ3n) is 3.80. The number of carbonyl (C=O) groups is 1. The number of benzene rings is 2. The van der Waals surface area contributed by atoms with Crippen LogP contribution in [0.1, 0.15) is 23.2 Å². The zero-order chi connectivity index (χ0) is 18.2. The van der Waals surface area contributed by atoms with Gasteiger partial charge in [-0.3, -0.25) is 9.10 Å². The van der Waals surface area contributed by atoms with Crippen molar-refractivity contribution in [2.45, 2.75) is 18.9 Å². The summed E-state index contributed by atoms with van der Waals surface area (Å²) in [5, 5.41) is 3.43. The van der Waals surface area contributed by atoms with E-state index >= 15 is 0 Å².